The van der Waals surface area contributed by atoms with E-state index in [1.165, 1.54) is 18.2 Å². The van der Waals surface area contributed by atoms with Gasteiger partial charge in [0.25, 0.3) is 0 Å². The molecule has 0 saturated heterocycles. The summed E-state index contributed by atoms with van der Waals surface area (Å²) in [5.41, 5.74) is 0.276. The fourth-order valence-electron chi connectivity index (χ4n) is 2.70. The van der Waals surface area contributed by atoms with Gasteiger partial charge in [-0.25, -0.2) is 0 Å². The van der Waals surface area contributed by atoms with Crippen LogP contribution in [-0.4, -0.2) is 18.9 Å². The van der Waals surface area contributed by atoms with Gasteiger partial charge in [0.05, 0.1) is 0 Å². The summed E-state index contributed by atoms with van der Waals surface area (Å²) in [5, 5.41) is 0. The van der Waals surface area contributed by atoms with Crippen molar-refractivity contribution in [3.05, 3.63) is 66.8 Å². The Morgan fingerprint density at radius 1 is 0.750 bits per heavy atom. The van der Waals surface area contributed by atoms with E-state index in [4.69, 9.17) is 0 Å². The number of hydrogen-bond donors (Lipinski definition) is 0. The third-order valence-corrected chi connectivity index (χ3v) is 3.59. The second-order valence-electron chi connectivity index (χ2n) is 5.27. The lowest BCUT2D eigenvalue weighted by atomic mass is 9.41. The molecule has 0 fully saturated rings. The smallest absolute Gasteiger partial charge is 0.181 e. The van der Waals surface area contributed by atoms with Gasteiger partial charge in [0, 0.05) is 0 Å². The summed E-state index contributed by atoms with van der Waals surface area (Å²) in [6.45, 7) is 7.02. The average Bonchev–Trinajstić information content (AvgIpc) is 2.42. The lowest BCUT2D eigenvalue weighted by molar-refractivity contribution is -0.101. The topological polar surface area (TPSA) is 0 Å². The van der Waals surface area contributed by atoms with Crippen LogP contribution in [0.2, 0.25) is 0 Å². The van der Waals surface area contributed by atoms with Crippen molar-refractivity contribution < 1.29 is 26.3 Å². The van der Waals surface area contributed by atoms with Crippen LogP contribution in [0.5, 0.6) is 0 Å². The van der Waals surface area contributed by atoms with Crippen LogP contribution in [0.4, 0.5) is 26.3 Å². The molecule has 130 valence electrons. The van der Waals surface area contributed by atoms with E-state index in [2.05, 4.69) is 19.7 Å². The lowest BCUT2D eigenvalue weighted by Gasteiger charge is -2.25. The zero-order chi connectivity index (χ0) is 18.5. The Bertz CT molecular complexity index is 599. The molecule has 0 unspecified atom stereocenters. The Morgan fingerprint density at radius 3 is 1.62 bits per heavy atom. The lowest BCUT2D eigenvalue weighted by Crippen LogP contribution is -2.57. The van der Waals surface area contributed by atoms with E-state index < -0.39 is 24.3 Å². The summed E-state index contributed by atoms with van der Waals surface area (Å²) in [7, 11) is 0. The van der Waals surface area contributed by atoms with Crippen molar-refractivity contribution >= 4 is 12.2 Å². The van der Waals surface area contributed by atoms with Gasteiger partial charge < -0.3 is 0 Å². The molecule has 0 amide bonds. The summed E-state index contributed by atoms with van der Waals surface area (Å²) in [6.07, 6.45) is -6.14. The highest BCUT2D eigenvalue weighted by molar-refractivity contribution is 6.77. The molecular formula is C17H17BF6. The van der Waals surface area contributed by atoms with Crippen molar-refractivity contribution in [3.8, 4) is 0 Å². The Morgan fingerprint density at radius 2 is 1.21 bits per heavy atom. The van der Waals surface area contributed by atoms with Gasteiger partial charge in [0.2, 0.25) is 0 Å². The molecule has 0 aliphatic rings. The molecule has 0 aliphatic heterocycles. The molecule has 0 radical (unpaired) electrons. The van der Waals surface area contributed by atoms with Crippen LogP contribution in [0.15, 0.2) is 50.1 Å². The molecule has 0 aromatic heterocycles. The van der Waals surface area contributed by atoms with E-state index in [0.717, 1.165) is 6.07 Å². The number of halogens is 6. The molecule has 1 rings (SSSR count). The monoisotopic (exact) mass is 346 g/mol. The predicted octanol–water partition coefficient (Wildman–Crippen LogP) is 4.78. The van der Waals surface area contributed by atoms with Crippen LogP contribution >= 0.6 is 0 Å². The summed E-state index contributed by atoms with van der Waals surface area (Å²) < 4.78 is 78.6. The summed E-state index contributed by atoms with van der Waals surface area (Å²) in [6, 6.07) is 2.21. The maximum Gasteiger partial charge on any atom is 0.432 e. The molecule has 24 heavy (non-hydrogen) atoms. The van der Waals surface area contributed by atoms with Crippen molar-refractivity contribution in [2.24, 2.45) is 0 Å². The Balaban J connectivity index is 3.73. The first kappa shape index (κ1) is 20.1. The molecule has 0 bridgehead atoms. The average molecular weight is 346 g/mol. The van der Waals surface area contributed by atoms with E-state index in [1.807, 2.05) is 0 Å². The van der Waals surface area contributed by atoms with Gasteiger partial charge in [-0.3, -0.25) is 0 Å². The van der Waals surface area contributed by atoms with Gasteiger partial charge in [-0.05, 0) is 36.0 Å². The van der Waals surface area contributed by atoms with Crippen LogP contribution in [0.25, 0.3) is 0 Å². The van der Waals surface area contributed by atoms with Crippen molar-refractivity contribution in [3.63, 3.8) is 0 Å². The minimum atomic E-state index is -5.43. The number of alkyl halides is 6. The van der Waals surface area contributed by atoms with Crippen molar-refractivity contribution in [1.29, 1.82) is 0 Å². The van der Waals surface area contributed by atoms with Gasteiger partial charge in [0.15, 0.2) is 0 Å². The first-order valence-electron chi connectivity index (χ1n) is 7.17. The first-order valence-corrected chi connectivity index (χ1v) is 7.17. The maximum absolute atomic E-state index is 13.1. The largest absolute Gasteiger partial charge is 0.432 e. The molecule has 0 heterocycles. The van der Waals surface area contributed by atoms with E-state index >= 15 is 0 Å². The van der Waals surface area contributed by atoms with Crippen molar-refractivity contribution in [2.75, 3.05) is 0 Å². The predicted molar refractivity (Wildman–Crippen MR) is 85.6 cm³/mol. The normalized spacial score (nSPS) is 11.9. The highest BCUT2D eigenvalue weighted by Crippen LogP contribution is 2.33. The Hall–Kier alpha value is -1.92. The van der Waals surface area contributed by atoms with E-state index in [-0.39, 0.29) is 18.4 Å². The molecule has 0 saturated carbocycles. The van der Waals surface area contributed by atoms with E-state index in [0.29, 0.717) is 17.5 Å². The third-order valence-electron chi connectivity index (χ3n) is 3.59. The van der Waals surface area contributed by atoms with Crippen LogP contribution in [0.1, 0.15) is 16.7 Å². The Labute approximate surface area is 137 Å². The summed E-state index contributed by atoms with van der Waals surface area (Å²) in [4.78, 5) is 0. The zero-order valence-electron chi connectivity index (χ0n) is 13.0. The fraction of sp³-hybridized carbons (Fsp3) is 0.294. The number of allylic oxidation sites excluding steroid dienone is 3. The van der Waals surface area contributed by atoms with Gasteiger partial charge in [-0.2, -0.15) is 26.3 Å². The van der Waals surface area contributed by atoms with E-state index in [1.54, 1.807) is 6.08 Å². The highest BCUT2D eigenvalue weighted by atomic mass is 19.4. The quantitative estimate of drug-likeness (QED) is 0.379. The Kier molecular flexibility index (Phi) is 6.52. The van der Waals surface area contributed by atoms with Gasteiger partial charge in [0.1, 0.15) is 0 Å². The molecule has 1 aromatic rings. The highest BCUT2D eigenvalue weighted by Gasteiger charge is 2.62. The fourth-order valence-corrected chi connectivity index (χ4v) is 2.70. The number of benzene rings is 1. The molecule has 0 spiro atoms. The van der Waals surface area contributed by atoms with E-state index in [9.17, 15) is 26.3 Å². The second kappa shape index (κ2) is 7.77. The van der Waals surface area contributed by atoms with Crippen LogP contribution in [0, 0.1) is 0 Å². The molecule has 0 nitrogen and oxygen atoms in total. The van der Waals surface area contributed by atoms with Crippen LogP contribution < -0.4 is 5.46 Å². The molecule has 0 atom stereocenters. The number of hydrogen-bond acceptors (Lipinski definition) is 0. The summed E-state index contributed by atoms with van der Waals surface area (Å²) in [5.74, 6) is 0. The minimum Gasteiger partial charge on any atom is -0.181 e. The third kappa shape index (κ3) is 4.55. The standard InChI is InChI=1S/C17H17BF6/c1-4-7-12-10-11-15(14(9-6-3)13(12)8-5-2)18(16(19,20)21)17(22,23)24/h4-6,10-11H,1-3,7-9H2. The molecule has 7 heteroatoms. The maximum atomic E-state index is 13.1. The molecule has 1 aromatic carbocycles. The van der Waals surface area contributed by atoms with Gasteiger partial charge in [-0.15, -0.1) is 19.7 Å². The number of rotatable bonds is 7. The summed E-state index contributed by atoms with van der Waals surface area (Å²) >= 11 is 0. The van der Waals surface area contributed by atoms with Crippen molar-refractivity contribution in [2.45, 2.75) is 31.4 Å². The first-order chi connectivity index (χ1) is 11.1. The molecular weight excluding hydrogens is 329 g/mol. The molecule has 0 N–H and O–H groups in total. The second-order valence-corrected chi connectivity index (χ2v) is 5.27. The molecule has 0 aliphatic carbocycles. The van der Waals surface area contributed by atoms with Crippen molar-refractivity contribution in [1.82, 2.24) is 0 Å². The SMILES string of the molecule is C=CCc1ccc(B(C(F)(F)F)C(F)(F)F)c(CC=C)c1CC=C. The van der Waals surface area contributed by atoms with Gasteiger partial charge >= 0.3 is 18.9 Å². The minimum absolute atomic E-state index is 0.00361. The van der Waals surface area contributed by atoms with Crippen LogP contribution in [-0.2, 0) is 19.3 Å². The van der Waals surface area contributed by atoms with Gasteiger partial charge in [-0.1, -0.05) is 35.8 Å². The zero-order valence-corrected chi connectivity index (χ0v) is 13.0. The van der Waals surface area contributed by atoms with Crippen LogP contribution in [0.3, 0.4) is 0 Å².